The van der Waals surface area contributed by atoms with E-state index in [1.165, 1.54) is 0 Å². The first kappa shape index (κ1) is 25.3. The van der Waals surface area contributed by atoms with Gasteiger partial charge in [-0.1, -0.05) is 6.07 Å². The Hall–Kier alpha value is -4.02. The van der Waals surface area contributed by atoms with Crippen LogP contribution in [-0.4, -0.2) is 55.9 Å². The summed E-state index contributed by atoms with van der Waals surface area (Å²) in [6.07, 6.45) is 3.23. The second kappa shape index (κ2) is 9.32. The van der Waals surface area contributed by atoms with Crippen LogP contribution in [0.5, 0.6) is 0 Å². The highest BCUT2D eigenvalue weighted by Crippen LogP contribution is 2.36. The topological polar surface area (TPSA) is 118 Å². The number of hydrogen-bond donors (Lipinski definition) is 1. The SMILES string of the molecule is CC(C)N(C)c1cc2c(c(CNC(=O)OC3CC3)n1)CN(c1cccc(-c3nnc4n3C(C)(C)CC4)n1)C2=O. The highest BCUT2D eigenvalue weighted by atomic mass is 16.6. The highest BCUT2D eigenvalue weighted by Gasteiger charge is 2.36. The second-order valence-electron chi connectivity index (χ2n) is 11.5. The van der Waals surface area contributed by atoms with E-state index in [0.717, 1.165) is 37.1 Å². The number of pyridine rings is 2. The Balaban J connectivity index is 1.32. The van der Waals surface area contributed by atoms with Gasteiger partial charge in [-0.2, -0.15) is 0 Å². The quantitative estimate of drug-likeness (QED) is 0.490. The first-order valence-corrected chi connectivity index (χ1v) is 13.6. The summed E-state index contributed by atoms with van der Waals surface area (Å²) in [5.74, 6) is 2.73. The largest absolute Gasteiger partial charge is 0.446 e. The third-order valence-corrected chi connectivity index (χ3v) is 7.86. The number of carbonyl (C=O) groups is 2. The van der Waals surface area contributed by atoms with Crippen LogP contribution in [0.25, 0.3) is 11.5 Å². The Kier molecular flexibility index (Phi) is 6.04. The zero-order valence-corrected chi connectivity index (χ0v) is 23.1. The van der Waals surface area contributed by atoms with Gasteiger partial charge in [0, 0.05) is 30.6 Å². The van der Waals surface area contributed by atoms with E-state index in [4.69, 9.17) is 14.7 Å². The molecule has 0 saturated heterocycles. The molecular weight excluding hydrogens is 496 g/mol. The molecule has 1 N–H and O–H groups in total. The summed E-state index contributed by atoms with van der Waals surface area (Å²) in [4.78, 5) is 39.4. The maximum atomic E-state index is 13.8. The Morgan fingerprint density at radius 2 is 2.03 bits per heavy atom. The van der Waals surface area contributed by atoms with Crippen LogP contribution in [0.3, 0.4) is 0 Å². The number of amides is 2. The van der Waals surface area contributed by atoms with Crippen LogP contribution >= 0.6 is 0 Å². The summed E-state index contributed by atoms with van der Waals surface area (Å²) >= 11 is 0. The lowest BCUT2D eigenvalue weighted by molar-refractivity contribution is 0.0995. The van der Waals surface area contributed by atoms with Gasteiger partial charge < -0.3 is 19.5 Å². The molecule has 0 spiro atoms. The number of nitrogens with one attached hydrogen (secondary N) is 1. The number of hydrogen-bond acceptors (Lipinski definition) is 8. The van der Waals surface area contributed by atoms with Crippen molar-refractivity contribution in [3.05, 3.63) is 46.9 Å². The van der Waals surface area contributed by atoms with Gasteiger partial charge in [-0.25, -0.2) is 14.8 Å². The van der Waals surface area contributed by atoms with Gasteiger partial charge >= 0.3 is 6.09 Å². The summed E-state index contributed by atoms with van der Waals surface area (Å²) < 4.78 is 7.49. The maximum absolute atomic E-state index is 13.8. The summed E-state index contributed by atoms with van der Waals surface area (Å²) in [5.41, 5.74) is 2.57. The molecule has 11 heteroatoms. The van der Waals surface area contributed by atoms with Crippen molar-refractivity contribution in [2.45, 2.75) is 84.2 Å². The monoisotopic (exact) mass is 530 g/mol. The lowest BCUT2D eigenvalue weighted by Crippen LogP contribution is -2.29. The van der Waals surface area contributed by atoms with Crippen molar-refractivity contribution in [1.82, 2.24) is 30.0 Å². The third kappa shape index (κ3) is 4.59. The minimum absolute atomic E-state index is 0.00888. The fourth-order valence-electron chi connectivity index (χ4n) is 5.17. The molecule has 0 radical (unpaired) electrons. The van der Waals surface area contributed by atoms with Gasteiger partial charge in [0.1, 0.15) is 29.3 Å². The van der Waals surface area contributed by atoms with E-state index in [1.807, 2.05) is 36.2 Å². The van der Waals surface area contributed by atoms with Crippen molar-refractivity contribution in [1.29, 1.82) is 0 Å². The van der Waals surface area contributed by atoms with Crippen LogP contribution < -0.4 is 15.1 Å². The van der Waals surface area contributed by atoms with Gasteiger partial charge in [0.15, 0.2) is 5.82 Å². The molecule has 3 aromatic heterocycles. The molecule has 3 aromatic rings. The van der Waals surface area contributed by atoms with Crippen molar-refractivity contribution < 1.29 is 14.3 Å². The Morgan fingerprint density at radius 1 is 1.23 bits per heavy atom. The predicted molar refractivity (Wildman–Crippen MR) is 146 cm³/mol. The number of nitrogens with zero attached hydrogens (tertiary/aromatic N) is 7. The number of aryl methyl sites for hydroxylation is 1. The van der Waals surface area contributed by atoms with Crippen molar-refractivity contribution in [3.63, 3.8) is 0 Å². The van der Waals surface area contributed by atoms with Crippen molar-refractivity contribution in [2.24, 2.45) is 0 Å². The molecule has 1 saturated carbocycles. The van der Waals surface area contributed by atoms with Gasteiger partial charge in [-0.15, -0.1) is 10.2 Å². The molecule has 39 heavy (non-hydrogen) atoms. The van der Waals surface area contributed by atoms with Gasteiger partial charge in [0.25, 0.3) is 5.91 Å². The normalized spacial score (nSPS) is 17.4. The summed E-state index contributed by atoms with van der Waals surface area (Å²) in [6.45, 7) is 8.95. The lowest BCUT2D eigenvalue weighted by Gasteiger charge is -2.24. The molecular formula is C28H34N8O3. The number of alkyl carbamates (subject to hydrolysis) is 1. The van der Waals surface area contributed by atoms with Crippen LogP contribution in [0.4, 0.5) is 16.4 Å². The van der Waals surface area contributed by atoms with Gasteiger partial charge in [0.2, 0.25) is 0 Å². The zero-order valence-electron chi connectivity index (χ0n) is 23.1. The van der Waals surface area contributed by atoms with E-state index in [2.05, 4.69) is 47.8 Å². The van der Waals surface area contributed by atoms with Crippen LogP contribution in [-0.2, 0) is 29.8 Å². The molecule has 2 aliphatic heterocycles. The predicted octanol–water partition coefficient (Wildman–Crippen LogP) is 3.81. The van der Waals surface area contributed by atoms with E-state index in [1.54, 1.807) is 4.90 Å². The Morgan fingerprint density at radius 3 is 2.77 bits per heavy atom. The van der Waals surface area contributed by atoms with Gasteiger partial charge in [-0.3, -0.25) is 9.69 Å². The molecule has 5 heterocycles. The minimum atomic E-state index is -0.463. The van der Waals surface area contributed by atoms with Crippen LogP contribution in [0, 0.1) is 0 Å². The van der Waals surface area contributed by atoms with Crippen molar-refractivity contribution in [2.75, 3.05) is 16.8 Å². The number of ether oxygens (including phenoxy) is 1. The van der Waals surface area contributed by atoms with Crippen LogP contribution in [0.2, 0.25) is 0 Å². The molecule has 6 rings (SSSR count). The lowest BCUT2D eigenvalue weighted by atomic mass is 10.0. The molecule has 11 nitrogen and oxygen atoms in total. The molecule has 0 unspecified atom stereocenters. The summed E-state index contributed by atoms with van der Waals surface area (Å²) in [7, 11) is 1.94. The first-order chi connectivity index (χ1) is 18.6. The maximum Gasteiger partial charge on any atom is 0.407 e. The third-order valence-electron chi connectivity index (χ3n) is 7.86. The number of fused-ring (bicyclic) bond motifs is 2. The fourth-order valence-corrected chi connectivity index (χ4v) is 5.17. The van der Waals surface area contributed by atoms with Gasteiger partial charge in [0.05, 0.1) is 24.3 Å². The number of carbonyl (C=O) groups excluding carboxylic acids is 2. The van der Waals surface area contributed by atoms with Crippen molar-refractivity contribution in [3.8, 4) is 11.5 Å². The molecule has 2 amide bonds. The smallest absolute Gasteiger partial charge is 0.407 e. The Bertz CT molecular complexity index is 1460. The molecule has 1 fully saturated rings. The number of anilines is 2. The summed E-state index contributed by atoms with van der Waals surface area (Å²) in [6, 6.07) is 7.64. The van der Waals surface area contributed by atoms with E-state index in [0.29, 0.717) is 41.0 Å². The molecule has 0 aromatic carbocycles. The zero-order chi connectivity index (χ0) is 27.5. The highest BCUT2D eigenvalue weighted by molar-refractivity contribution is 6.10. The first-order valence-electron chi connectivity index (χ1n) is 13.6. The van der Waals surface area contributed by atoms with E-state index in [9.17, 15) is 9.59 Å². The molecule has 3 aliphatic rings. The fraction of sp³-hybridized carbons (Fsp3) is 0.500. The molecule has 1 aliphatic carbocycles. The Labute approximate surface area is 227 Å². The second-order valence-corrected chi connectivity index (χ2v) is 11.5. The van der Waals surface area contributed by atoms with E-state index in [-0.39, 0.29) is 30.1 Å². The van der Waals surface area contributed by atoms with Crippen LogP contribution in [0.1, 0.15) is 74.4 Å². The average Bonchev–Trinajstić information content (AvgIpc) is 3.37. The van der Waals surface area contributed by atoms with Gasteiger partial charge in [-0.05, 0) is 65.2 Å². The molecule has 0 atom stereocenters. The average molecular weight is 531 g/mol. The number of aromatic nitrogens is 5. The van der Waals surface area contributed by atoms with E-state index >= 15 is 0 Å². The van der Waals surface area contributed by atoms with Crippen LogP contribution in [0.15, 0.2) is 24.3 Å². The number of rotatable bonds is 7. The molecule has 0 bridgehead atoms. The van der Waals surface area contributed by atoms with E-state index < -0.39 is 6.09 Å². The van der Waals surface area contributed by atoms with Crippen molar-refractivity contribution >= 4 is 23.6 Å². The molecule has 204 valence electrons. The summed E-state index contributed by atoms with van der Waals surface area (Å²) in [5, 5.41) is 11.6. The minimum Gasteiger partial charge on any atom is -0.446 e. The standard InChI is InChI=1S/C28H34N8O3/c1-16(2)34(5)24-13-18-19(21(31-24)14-29-27(38)39-17-9-10-17)15-35(26(18)37)22-8-6-7-20(30-22)25-33-32-23-11-12-28(3,4)36(23)25/h6-8,13,16-17H,9-12,14-15H2,1-5H3,(H,29,38).